The highest BCUT2D eigenvalue weighted by atomic mass is 35.5. The van der Waals surface area contributed by atoms with Crippen molar-refractivity contribution in [2.24, 2.45) is 11.3 Å². The van der Waals surface area contributed by atoms with Gasteiger partial charge in [0.05, 0.1) is 0 Å². The van der Waals surface area contributed by atoms with Crippen molar-refractivity contribution in [1.82, 2.24) is 20.9 Å². The molecule has 1 atom stereocenters. The molecule has 1 spiro atoms. The lowest BCUT2D eigenvalue weighted by Gasteiger charge is -2.40. The van der Waals surface area contributed by atoms with Crippen LogP contribution in [0.4, 0.5) is 4.79 Å². The van der Waals surface area contributed by atoms with Gasteiger partial charge in [-0.25, -0.2) is 4.79 Å². The highest BCUT2D eigenvalue weighted by molar-refractivity contribution is 5.87. The van der Waals surface area contributed by atoms with Crippen molar-refractivity contribution < 1.29 is 9.59 Å². The van der Waals surface area contributed by atoms with Gasteiger partial charge in [-0.2, -0.15) is 0 Å². The van der Waals surface area contributed by atoms with Gasteiger partial charge in [0, 0.05) is 25.2 Å². The van der Waals surface area contributed by atoms with E-state index in [1.54, 1.807) is 0 Å². The van der Waals surface area contributed by atoms with Crippen LogP contribution in [0.2, 0.25) is 0 Å². The lowest BCUT2D eigenvalue weighted by molar-refractivity contribution is -0.136. The molecule has 0 aromatic rings. The van der Waals surface area contributed by atoms with E-state index in [1.165, 1.54) is 6.42 Å². The van der Waals surface area contributed by atoms with Gasteiger partial charge in [-0.3, -0.25) is 4.79 Å². The Hall–Kier alpha value is -1.01. The fourth-order valence-electron chi connectivity index (χ4n) is 3.65. The summed E-state index contributed by atoms with van der Waals surface area (Å²) in [6.07, 6.45) is 3.34. The van der Waals surface area contributed by atoms with Crippen molar-refractivity contribution in [2.45, 2.75) is 65.5 Å². The van der Waals surface area contributed by atoms with Gasteiger partial charge in [0.15, 0.2) is 0 Å². The average Bonchev–Trinajstić information content (AvgIpc) is 2.91. The van der Waals surface area contributed by atoms with E-state index in [1.807, 2.05) is 39.5 Å². The molecule has 0 bridgehead atoms. The van der Waals surface area contributed by atoms with E-state index in [0.717, 1.165) is 39.0 Å². The first-order valence-electron chi connectivity index (χ1n) is 9.20. The van der Waals surface area contributed by atoms with Gasteiger partial charge >= 0.3 is 6.03 Å². The molecule has 146 valence electrons. The molecule has 0 saturated carbocycles. The quantitative estimate of drug-likeness (QED) is 0.708. The summed E-state index contributed by atoms with van der Waals surface area (Å²) >= 11 is 0. The number of hydrogen-bond acceptors (Lipinski definition) is 3. The molecule has 7 heteroatoms. The molecule has 2 heterocycles. The Bertz CT molecular complexity index is 460. The number of carbonyl (C=O) groups excluding carboxylic acids is 2. The molecule has 2 aliphatic heterocycles. The number of nitrogens with one attached hydrogen (secondary N) is 3. The van der Waals surface area contributed by atoms with E-state index < -0.39 is 6.04 Å². The van der Waals surface area contributed by atoms with E-state index in [-0.39, 0.29) is 35.8 Å². The summed E-state index contributed by atoms with van der Waals surface area (Å²) in [4.78, 5) is 27.0. The number of carbonyl (C=O) groups is 2. The second-order valence-corrected chi connectivity index (χ2v) is 8.82. The van der Waals surface area contributed by atoms with Crippen LogP contribution in [-0.4, -0.2) is 54.6 Å². The van der Waals surface area contributed by atoms with Crippen molar-refractivity contribution in [1.29, 1.82) is 0 Å². The first kappa shape index (κ1) is 22.0. The normalized spacial score (nSPS) is 21.0. The first-order valence-corrected chi connectivity index (χ1v) is 9.20. The van der Waals surface area contributed by atoms with Gasteiger partial charge in [-0.1, -0.05) is 13.8 Å². The molecule has 2 aliphatic rings. The lowest BCUT2D eigenvalue weighted by atomic mass is 9.77. The van der Waals surface area contributed by atoms with Gasteiger partial charge in [0.25, 0.3) is 0 Å². The predicted octanol–water partition coefficient (Wildman–Crippen LogP) is 2.13. The zero-order chi connectivity index (χ0) is 18.0. The van der Waals surface area contributed by atoms with E-state index in [4.69, 9.17) is 0 Å². The van der Waals surface area contributed by atoms with E-state index in [9.17, 15) is 9.59 Å². The molecule has 2 fully saturated rings. The summed E-state index contributed by atoms with van der Waals surface area (Å²) in [6, 6.07) is -0.744. The van der Waals surface area contributed by atoms with Gasteiger partial charge in [-0.15, -0.1) is 12.4 Å². The van der Waals surface area contributed by atoms with Gasteiger partial charge in [0.1, 0.15) is 6.04 Å². The standard InChI is InChI=1S/C18H34N4O2.ClH/c1-13(2)14(20-16(24)21-17(3,4)5)15(23)22-10-7-18(8-11-22)6-9-19-12-18;/h13-14,19H,6-12H2,1-5H3,(H2,20,21,24);1H/t14-;/m0./s1. The number of halogens is 1. The first-order chi connectivity index (χ1) is 11.1. The zero-order valence-electron chi connectivity index (χ0n) is 16.3. The Balaban J connectivity index is 0.00000312. The Morgan fingerprint density at radius 2 is 1.72 bits per heavy atom. The van der Waals surface area contributed by atoms with Gasteiger partial charge in [-0.05, 0) is 57.9 Å². The Labute approximate surface area is 158 Å². The molecule has 2 rings (SSSR count). The third-order valence-corrected chi connectivity index (χ3v) is 5.18. The molecule has 0 unspecified atom stereocenters. The minimum absolute atomic E-state index is 0. The largest absolute Gasteiger partial charge is 0.341 e. The van der Waals surface area contributed by atoms with Crippen LogP contribution in [0.1, 0.15) is 53.9 Å². The monoisotopic (exact) mass is 374 g/mol. The van der Waals surface area contributed by atoms with Crippen molar-refractivity contribution in [2.75, 3.05) is 26.2 Å². The smallest absolute Gasteiger partial charge is 0.315 e. The number of piperidine rings is 1. The molecule has 0 aromatic heterocycles. The molecule has 6 nitrogen and oxygen atoms in total. The third-order valence-electron chi connectivity index (χ3n) is 5.18. The number of rotatable bonds is 3. The second kappa shape index (κ2) is 8.58. The molecule has 0 aliphatic carbocycles. The van der Waals surface area contributed by atoms with Crippen LogP contribution in [0.15, 0.2) is 0 Å². The molecule has 0 radical (unpaired) electrons. The topological polar surface area (TPSA) is 73.5 Å². The molecule has 3 N–H and O–H groups in total. The highest BCUT2D eigenvalue weighted by Gasteiger charge is 2.39. The summed E-state index contributed by atoms with van der Waals surface area (Å²) in [7, 11) is 0. The maximum atomic E-state index is 12.9. The van der Waals surface area contributed by atoms with Crippen molar-refractivity contribution in [3.63, 3.8) is 0 Å². The average molecular weight is 375 g/mol. The van der Waals surface area contributed by atoms with Crippen LogP contribution < -0.4 is 16.0 Å². The maximum absolute atomic E-state index is 12.9. The Morgan fingerprint density at radius 1 is 1.12 bits per heavy atom. The zero-order valence-corrected chi connectivity index (χ0v) is 17.1. The van der Waals surface area contributed by atoms with E-state index >= 15 is 0 Å². The van der Waals surface area contributed by atoms with Crippen molar-refractivity contribution in [3.05, 3.63) is 0 Å². The molecule has 25 heavy (non-hydrogen) atoms. The van der Waals surface area contributed by atoms with Gasteiger partial charge < -0.3 is 20.9 Å². The molecular formula is C18H35ClN4O2. The third kappa shape index (κ3) is 6.03. The molecule has 3 amide bonds. The van der Waals surface area contributed by atoms with Gasteiger partial charge in [0.2, 0.25) is 5.91 Å². The van der Waals surface area contributed by atoms with Crippen LogP contribution >= 0.6 is 12.4 Å². The number of likely N-dealkylation sites (tertiary alicyclic amines) is 1. The predicted molar refractivity (Wildman–Crippen MR) is 103 cm³/mol. The van der Waals surface area contributed by atoms with Crippen LogP contribution in [0.5, 0.6) is 0 Å². The number of nitrogens with zero attached hydrogens (tertiary/aromatic N) is 1. The minimum atomic E-state index is -0.469. The van der Waals surface area contributed by atoms with Crippen LogP contribution in [0.3, 0.4) is 0 Å². The minimum Gasteiger partial charge on any atom is -0.341 e. The molecule has 0 aromatic carbocycles. The SMILES string of the molecule is CC(C)[C@H](NC(=O)NC(C)(C)C)C(=O)N1CCC2(CCNC2)CC1.Cl. The van der Waals surface area contributed by atoms with E-state index in [2.05, 4.69) is 16.0 Å². The maximum Gasteiger partial charge on any atom is 0.315 e. The van der Waals surface area contributed by atoms with Crippen LogP contribution in [0.25, 0.3) is 0 Å². The summed E-state index contributed by atoms with van der Waals surface area (Å²) in [5.74, 6) is 0.113. The summed E-state index contributed by atoms with van der Waals surface area (Å²) in [5.41, 5.74) is 0.0722. The summed E-state index contributed by atoms with van der Waals surface area (Å²) < 4.78 is 0. The second-order valence-electron chi connectivity index (χ2n) is 8.82. The molecule has 2 saturated heterocycles. The molecular weight excluding hydrogens is 340 g/mol. The Morgan fingerprint density at radius 3 is 2.16 bits per heavy atom. The Kier molecular flexibility index (Phi) is 7.56. The lowest BCUT2D eigenvalue weighted by Crippen LogP contribution is -2.57. The van der Waals surface area contributed by atoms with Crippen molar-refractivity contribution >= 4 is 24.3 Å². The summed E-state index contributed by atoms with van der Waals surface area (Å²) in [6.45, 7) is 13.5. The summed E-state index contributed by atoms with van der Waals surface area (Å²) in [5, 5.41) is 9.20. The van der Waals surface area contributed by atoms with E-state index in [0.29, 0.717) is 5.41 Å². The number of hydrogen-bond donors (Lipinski definition) is 3. The number of urea groups is 1. The fourth-order valence-corrected chi connectivity index (χ4v) is 3.65. The van der Waals surface area contributed by atoms with Crippen molar-refractivity contribution in [3.8, 4) is 0 Å². The fraction of sp³-hybridized carbons (Fsp3) is 0.889. The highest BCUT2D eigenvalue weighted by Crippen LogP contribution is 2.37. The van der Waals surface area contributed by atoms with Crippen LogP contribution in [0, 0.1) is 11.3 Å². The number of amides is 3. The van der Waals surface area contributed by atoms with Crippen LogP contribution in [-0.2, 0) is 4.79 Å².